The van der Waals surface area contributed by atoms with Crippen LogP contribution in [0.2, 0.25) is 0 Å². The van der Waals surface area contributed by atoms with Gasteiger partial charge in [-0.3, -0.25) is 4.79 Å². The van der Waals surface area contributed by atoms with Gasteiger partial charge in [0.25, 0.3) is 0 Å². The number of carbonyl (C=O) groups is 1. The summed E-state index contributed by atoms with van der Waals surface area (Å²) in [4.78, 5) is 21.5. The van der Waals surface area contributed by atoms with Crippen molar-refractivity contribution in [2.24, 2.45) is 0 Å². The van der Waals surface area contributed by atoms with Gasteiger partial charge in [0.15, 0.2) is 0 Å². The van der Waals surface area contributed by atoms with Crippen molar-refractivity contribution < 1.29 is 9.53 Å². The van der Waals surface area contributed by atoms with Gasteiger partial charge in [-0.05, 0) is 55.0 Å². The highest BCUT2D eigenvalue weighted by atomic mass is 16.5. The van der Waals surface area contributed by atoms with Gasteiger partial charge < -0.3 is 14.6 Å². The molecule has 7 heteroatoms. The fraction of sp³-hybridized carbons (Fsp3) is 0.167. The van der Waals surface area contributed by atoms with Gasteiger partial charge >= 0.3 is 0 Å². The number of amides is 1. The molecule has 0 fully saturated rings. The number of nitrogens with zero attached hydrogens (tertiary/aromatic N) is 4. The Hall–Kier alpha value is -4.18. The minimum atomic E-state index is -0.133. The van der Waals surface area contributed by atoms with Gasteiger partial charge in [0.05, 0.1) is 11.0 Å². The number of benzene rings is 2. The fourth-order valence-electron chi connectivity index (χ4n) is 3.41. The van der Waals surface area contributed by atoms with Crippen LogP contribution in [-0.2, 0) is 17.8 Å². The molecule has 0 radical (unpaired) electrons. The number of anilines is 1. The lowest BCUT2D eigenvalue weighted by molar-refractivity contribution is -0.116. The van der Waals surface area contributed by atoms with Gasteiger partial charge in [-0.25, -0.2) is 9.97 Å². The van der Waals surface area contributed by atoms with Gasteiger partial charge in [-0.15, -0.1) is 0 Å². The highest BCUT2D eigenvalue weighted by Gasteiger charge is 2.14. The van der Waals surface area contributed by atoms with Crippen LogP contribution in [0.5, 0.6) is 11.6 Å². The molecule has 1 N–H and O–H groups in total. The summed E-state index contributed by atoms with van der Waals surface area (Å²) in [6, 6.07) is 18.5. The molecule has 31 heavy (non-hydrogen) atoms. The molecular formula is C24H21N5O2. The van der Waals surface area contributed by atoms with E-state index in [-0.39, 0.29) is 18.3 Å². The molecule has 4 aromatic rings. The summed E-state index contributed by atoms with van der Waals surface area (Å²) in [6.45, 7) is 4.09. The molecule has 0 spiro atoms. The lowest BCUT2D eigenvalue weighted by Crippen LogP contribution is -2.20. The highest BCUT2D eigenvalue weighted by molar-refractivity contribution is 5.92. The van der Waals surface area contributed by atoms with E-state index in [4.69, 9.17) is 4.74 Å². The van der Waals surface area contributed by atoms with Crippen molar-refractivity contribution in [3.8, 4) is 17.7 Å². The summed E-state index contributed by atoms with van der Waals surface area (Å²) in [6.07, 6.45) is 2.31. The first kappa shape index (κ1) is 20.1. The molecule has 2 aromatic heterocycles. The van der Waals surface area contributed by atoms with Gasteiger partial charge in [-0.2, -0.15) is 5.26 Å². The standard InChI is InChI=1S/C24H21N5O2/c1-3-22-27-20-8-4-5-9-21(20)29(22)15-23(30)28-19-11-10-18(13-16(19)2)31-24-17(14-25)7-6-12-26-24/h4-13H,3,15H2,1-2H3,(H,28,30). The molecule has 154 valence electrons. The minimum absolute atomic E-state index is 0.133. The Labute approximate surface area is 179 Å². The lowest BCUT2D eigenvalue weighted by atomic mass is 10.2. The van der Waals surface area contributed by atoms with Crippen molar-refractivity contribution in [1.29, 1.82) is 5.26 Å². The second kappa shape index (κ2) is 8.67. The zero-order chi connectivity index (χ0) is 21.8. The Morgan fingerprint density at radius 3 is 2.81 bits per heavy atom. The van der Waals surface area contributed by atoms with E-state index in [0.29, 0.717) is 17.0 Å². The van der Waals surface area contributed by atoms with E-state index < -0.39 is 0 Å². The van der Waals surface area contributed by atoms with Gasteiger partial charge in [0, 0.05) is 18.3 Å². The van der Waals surface area contributed by atoms with Crippen LogP contribution in [0.15, 0.2) is 60.8 Å². The van der Waals surface area contributed by atoms with E-state index in [2.05, 4.69) is 21.4 Å². The van der Waals surface area contributed by atoms with Gasteiger partial charge in [-0.1, -0.05) is 19.1 Å². The zero-order valence-electron chi connectivity index (χ0n) is 17.3. The van der Waals surface area contributed by atoms with Crippen molar-refractivity contribution in [1.82, 2.24) is 14.5 Å². The number of carbonyl (C=O) groups excluding carboxylic acids is 1. The second-order valence-corrected chi connectivity index (χ2v) is 7.05. The molecule has 0 unspecified atom stereocenters. The van der Waals surface area contributed by atoms with Gasteiger partial charge in [0.2, 0.25) is 11.8 Å². The summed E-state index contributed by atoms with van der Waals surface area (Å²) in [5.41, 5.74) is 3.72. The number of hydrogen-bond donors (Lipinski definition) is 1. The molecule has 0 saturated heterocycles. The van der Waals surface area contributed by atoms with Crippen LogP contribution in [0.4, 0.5) is 5.69 Å². The molecule has 0 atom stereocenters. The second-order valence-electron chi connectivity index (χ2n) is 7.05. The lowest BCUT2D eigenvalue weighted by Gasteiger charge is -2.13. The maximum Gasteiger partial charge on any atom is 0.244 e. The molecule has 0 aliphatic rings. The number of ether oxygens (including phenoxy) is 1. The van der Waals surface area contributed by atoms with E-state index in [0.717, 1.165) is 28.8 Å². The van der Waals surface area contributed by atoms with Crippen LogP contribution in [-0.4, -0.2) is 20.4 Å². The number of nitrogens with one attached hydrogen (secondary N) is 1. The molecule has 0 bridgehead atoms. The molecule has 2 aromatic carbocycles. The van der Waals surface area contributed by atoms with Gasteiger partial charge in [0.1, 0.15) is 29.8 Å². The highest BCUT2D eigenvalue weighted by Crippen LogP contribution is 2.27. The van der Waals surface area contributed by atoms with Crippen LogP contribution >= 0.6 is 0 Å². The molecule has 0 saturated carbocycles. The average molecular weight is 411 g/mol. The van der Waals surface area contributed by atoms with Crippen molar-refractivity contribution in [2.75, 3.05) is 5.32 Å². The summed E-state index contributed by atoms with van der Waals surface area (Å²) in [5.74, 6) is 1.53. The zero-order valence-corrected chi connectivity index (χ0v) is 17.3. The number of nitriles is 1. The molecule has 1 amide bonds. The smallest absolute Gasteiger partial charge is 0.244 e. The number of hydrogen-bond acceptors (Lipinski definition) is 5. The molecular weight excluding hydrogens is 390 g/mol. The molecule has 7 nitrogen and oxygen atoms in total. The van der Waals surface area contributed by atoms with E-state index in [1.807, 2.05) is 42.7 Å². The molecule has 2 heterocycles. The summed E-state index contributed by atoms with van der Waals surface area (Å²) in [5, 5.41) is 12.1. The molecule has 4 rings (SSSR count). The number of fused-ring (bicyclic) bond motifs is 1. The maximum atomic E-state index is 12.8. The first-order valence-electron chi connectivity index (χ1n) is 9.96. The monoisotopic (exact) mass is 411 g/mol. The Balaban J connectivity index is 1.50. The first-order valence-corrected chi connectivity index (χ1v) is 9.96. The fourth-order valence-corrected chi connectivity index (χ4v) is 3.41. The summed E-state index contributed by atoms with van der Waals surface area (Å²) < 4.78 is 7.69. The number of rotatable bonds is 6. The Kier molecular flexibility index (Phi) is 5.63. The molecule has 0 aliphatic heterocycles. The molecule has 0 aliphatic carbocycles. The average Bonchev–Trinajstić information content (AvgIpc) is 3.13. The predicted molar refractivity (Wildman–Crippen MR) is 118 cm³/mol. The van der Waals surface area contributed by atoms with Crippen LogP contribution in [0.1, 0.15) is 23.9 Å². The number of imidazole rings is 1. The summed E-state index contributed by atoms with van der Waals surface area (Å²) in [7, 11) is 0. The normalized spacial score (nSPS) is 10.6. The third-order valence-electron chi connectivity index (χ3n) is 4.93. The van der Waals surface area contributed by atoms with Crippen LogP contribution < -0.4 is 10.1 Å². The Morgan fingerprint density at radius 1 is 1.19 bits per heavy atom. The van der Waals surface area contributed by atoms with Crippen LogP contribution in [0.25, 0.3) is 11.0 Å². The SMILES string of the molecule is CCc1nc2ccccc2n1CC(=O)Nc1ccc(Oc2ncccc2C#N)cc1C. The number of para-hydroxylation sites is 2. The quantitative estimate of drug-likeness (QED) is 0.500. The number of aromatic nitrogens is 3. The topological polar surface area (TPSA) is 92.8 Å². The summed E-state index contributed by atoms with van der Waals surface area (Å²) >= 11 is 0. The van der Waals surface area contributed by atoms with Crippen LogP contribution in [0.3, 0.4) is 0 Å². The van der Waals surface area contributed by atoms with E-state index in [1.165, 1.54) is 0 Å². The van der Waals surface area contributed by atoms with E-state index >= 15 is 0 Å². The largest absolute Gasteiger partial charge is 0.438 e. The van der Waals surface area contributed by atoms with Crippen molar-refractivity contribution in [3.05, 3.63) is 77.7 Å². The first-order chi connectivity index (χ1) is 15.1. The minimum Gasteiger partial charge on any atom is -0.438 e. The van der Waals surface area contributed by atoms with E-state index in [1.54, 1.807) is 36.5 Å². The van der Waals surface area contributed by atoms with E-state index in [9.17, 15) is 10.1 Å². The van der Waals surface area contributed by atoms with Crippen molar-refractivity contribution >= 4 is 22.6 Å². The maximum absolute atomic E-state index is 12.8. The predicted octanol–water partition coefficient (Wildman–Crippen LogP) is 4.60. The van der Waals surface area contributed by atoms with Crippen molar-refractivity contribution in [2.45, 2.75) is 26.8 Å². The number of aryl methyl sites for hydroxylation is 2. The third-order valence-corrected chi connectivity index (χ3v) is 4.93. The van der Waals surface area contributed by atoms with Crippen molar-refractivity contribution in [3.63, 3.8) is 0 Å². The number of pyridine rings is 1. The van der Waals surface area contributed by atoms with Crippen LogP contribution in [0, 0.1) is 18.3 Å². The Morgan fingerprint density at radius 2 is 2.03 bits per heavy atom. The Bertz CT molecular complexity index is 1300. The third kappa shape index (κ3) is 4.23.